The first kappa shape index (κ1) is 26.9. The number of hydrogen-bond acceptors (Lipinski definition) is 6. The van der Waals surface area contributed by atoms with Gasteiger partial charge < -0.3 is 19.7 Å². The molecular formula is C27H28ClFN6O3. The van der Waals surface area contributed by atoms with Gasteiger partial charge in [0.1, 0.15) is 23.9 Å². The second-order valence-corrected chi connectivity index (χ2v) is 9.05. The van der Waals surface area contributed by atoms with Gasteiger partial charge in [-0.05, 0) is 48.9 Å². The maximum absolute atomic E-state index is 14.0. The van der Waals surface area contributed by atoms with Crippen molar-refractivity contribution in [3.05, 3.63) is 76.3 Å². The van der Waals surface area contributed by atoms with Gasteiger partial charge in [-0.1, -0.05) is 11.6 Å². The van der Waals surface area contributed by atoms with Crippen molar-refractivity contribution in [1.82, 2.24) is 20.1 Å². The summed E-state index contributed by atoms with van der Waals surface area (Å²) in [5, 5.41) is 18.7. The zero-order valence-electron chi connectivity index (χ0n) is 21.2. The lowest BCUT2D eigenvalue weighted by Gasteiger charge is -2.27. The lowest BCUT2D eigenvalue weighted by molar-refractivity contribution is 0.0684. The highest BCUT2D eigenvalue weighted by Crippen LogP contribution is 2.41. The molecule has 2 aromatic carbocycles. The predicted molar refractivity (Wildman–Crippen MR) is 144 cm³/mol. The van der Waals surface area contributed by atoms with Gasteiger partial charge in [0.15, 0.2) is 5.96 Å². The Balaban J connectivity index is 1.84. The normalized spacial score (nSPS) is 13.6. The molecule has 1 aliphatic heterocycles. The molecule has 3 aromatic rings. The van der Waals surface area contributed by atoms with Crippen LogP contribution in [-0.4, -0.2) is 60.3 Å². The fourth-order valence-electron chi connectivity index (χ4n) is 4.35. The molecular weight excluding hydrogens is 511 g/mol. The first-order valence-electron chi connectivity index (χ1n) is 11.9. The smallest absolute Gasteiger partial charge is 0.258 e. The van der Waals surface area contributed by atoms with Crippen LogP contribution < -0.4 is 14.8 Å². The molecule has 0 saturated heterocycles. The molecule has 0 aliphatic carbocycles. The number of ether oxygens (including phenoxy) is 2. The molecule has 9 nitrogen and oxygen atoms in total. The van der Waals surface area contributed by atoms with Gasteiger partial charge in [0, 0.05) is 30.4 Å². The van der Waals surface area contributed by atoms with E-state index in [0.717, 1.165) is 6.34 Å². The average Bonchev–Trinajstić information content (AvgIpc) is 3.09. The van der Waals surface area contributed by atoms with Gasteiger partial charge in [-0.3, -0.25) is 25.5 Å². The van der Waals surface area contributed by atoms with Gasteiger partial charge in [-0.25, -0.2) is 4.39 Å². The molecule has 38 heavy (non-hydrogen) atoms. The molecule has 0 unspecified atom stereocenters. The Morgan fingerprint density at radius 1 is 1.29 bits per heavy atom. The minimum Gasteiger partial charge on any atom is -0.497 e. The van der Waals surface area contributed by atoms with E-state index in [1.165, 1.54) is 17.0 Å². The number of carbonyl (C=O) groups excluding carboxylic acids is 1. The maximum atomic E-state index is 14.0. The number of methoxy groups -OCH3 is 1. The van der Waals surface area contributed by atoms with E-state index in [2.05, 4.69) is 10.3 Å². The molecule has 1 aliphatic rings. The summed E-state index contributed by atoms with van der Waals surface area (Å²) in [6.45, 7) is 2.53. The first-order valence-corrected chi connectivity index (χ1v) is 12.2. The standard InChI is InChI=1S/C27H28ClFN6O3/c1-16(24-13-19(37-3)6-7-33-24)35-8-9-38-25-21(20-5-4-18(29)12-23(20)28)10-17(11-22(25)26(35)36)14-34(15-30)27(31)32-2/h4-7,10-13,15-16,30H,8-9,14H2,1-3H3,(H2,31,32)/t16-/m0/s1. The second-order valence-electron chi connectivity index (χ2n) is 8.64. The van der Waals surface area contributed by atoms with Crippen LogP contribution in [0.3, 0.4) is 0 Å². The number of amides is 1. The summed E-state index contributed by atoms with van der Waals surface area (Å²) < 4.78 is 25.3. The molecule has 1 aromatic heterocycles. The summed E-state index contributed by atoms with van der Waals surface area (Å²) in [5.74, 6) is 0.223. The highest BCUT2D eigenvalue weighted by Gasteiger charge is 2.31. The van der Waals surface area contributed by atoms with E-state index in [1.54, 1.807) is 55.6 Å². The summed E-state index contributed by atoms with van der Waals surface area (Å²) in [7, 11) is 3.16. The van der Waals surface area contributed by atoms with Crippen molar-refractivity contribution in [3.8, 4) is 22.6 Å². The summed E-state index contributed by atoms with van der Waals surface area (Å²) in [4.78, 5) is 21.5. The predicted octanol–water partition coefficient (Wildman–Crippen LogP) is 4.71. The minimum absolute atomic E-state index is 0.0123. The third kappa shape index (κ3) is 5.40. The fourth-order valence-corrected chi connectivity index (χ4v) is 4.62. The fraction of sp³-hybridized carbons (Fsp3) is 0.259. The molecule has 11 heteroatoms. The number of halogens is 2. The lowest BCUT2D eigenvalue weighted by Crippen LogP contribution is -2.37. The zero-order chi connectivity index (χ0) is 27.4. The van der Waals surface area contributed by atoms with E-state index in [-0.39, 0.29) is 36.1 Å². The number of pyridine rings is 1. The van der Waals surface area contributed by atoms with Gasteiger partial charge in [0.05, 0.1) is 48.9 Å². The SMILES string of the molecule is CNC(=N)N(C=N)Cc1cc2c(c(-c3ccc(F)cc3Cl)c1)OCCN([C@@H](C)c1cc(OC)ccn1)C2=O. The van der Waals surface area contributed by atoms with Gasteiger partial charge in [0.25, 0.3) is 5.91 Å². The third-order valence-electron chi connectivity index (χ3n) is 6.36. The molecule has 0 fully saturated rings. The van der Waals surface area contributed by atoms with Gasteiger partial charge in [0.2, 0.25) is 0 Å². The Kier molecular flexibility index (Phi) is 8.11. The van der Waals surface area contributed by atoms with E-state index in [9.17, 15) is 9.18 Å². The van der Waals surface area contributed by atoms with Crippen LogP contribution in [0.1, 0.15) is 34.6 Å². The number of rotatable bonds is 7. The van der Waals surface area contributed by atoms with Crippen LogP contribution in [0.5, 0.6) is 11.5 Å². The Morgan fingerprint density at radius 2 is 2.05 bits per heavy atom. The third-order valence-corrected chi connectivity index (χ3v) is 6.67. The van der Waals surface area contributed by atoms with E-state index in [4.69, 9.17) is 31.9 Å². The molecule has 2 heterocycles. The van der Waals surface area contributed by atoms with Crippen LogP contribution in [0.4, 0.5) is 4.39 Å². The summed E-state index contributed by atoms with van der Waals surface area (Å²) in [6, 6.07) is 10.7. The maximum Gasteiger partial charge on any atom is 0.258 e. The van der Waals surface area contributed by atoms with E-state index in [1.807, 2.05) is 6.92 Å². The Hall–Kier alpha value is -4.18. The number of nitrogens with zero attached hydrogens (tertiary/aromatic N) is 3. The number of carbonyl (C=O) groups is 1. The van der Waals surface area contributed by atoms with E-state index in [0.29, 0.717) is 46.0 Å². The van der Waals surface area contributed by atoms with Crippen molar-refractivity contribution in [1.29, 1.82) is 10.8 Å². The molecule has 198 valence electrons. The van der Waals surface area contributed by atoms with Crippen LogP contribution in [0.15, 0.2) is 48.7 Å². The molecule has 0 saturated carbocycles. The van der Waals surface area contributed by atoms with Gasteiger partial charge >= 0.3 is 0 Å². The highest BCUT2D eigenvalue weighted by molar-refractivity contribution is 6.33. The van der Waals surface area contributed by atoms with E-state index < -0.39 is 5.82 Å². The summed E-state index contributed by atoms with van der Waals surface area (Å²) in [6.07, 6.45) is 2.66. The van der Waals surface area contributed by atoms with Crippen LogP contribution in [0.2, 0.25) is 5.02 Å². The Morgan fingerprint density at radius 3 is 2.74 bits per heavy atom. The van der Waals surface area contributed by atoms with Crippen molar-refractivity contribution in [2.24, 2.45) is 0 Å². The number of fused-ring (bicyclic) bond motifs is 1. The van der Waals surface area contributed by atoms with Crippen LogP contribution >= 0.6 is 11.6 Å². The molecule has 3 N–H and O–H groups in total. The van der Waals surface area contributed by atoms with Crippen LogP contribution in [0.25, 0.3) is 11.1 Å². The average molecular weight is 539 g/mol. The molecule has 0 spiro atoms. The van der Waals surface area contributed by atoms with Crippen molar-refractivity contribution in [3.63, 3.8) is 0 Å². The number of aromatic nitrogens is 1. The number of benzene rings is 2. The Labute approximate surface area is 225 Å². The lowest BCUT2D eigenvalue weighted by atomic mass is 9.96. The zero-order valence-corrected chi connectivity index (χ0v) is 22.0. The first-order chi connectivity index (χ1) is 18.3. The quantitative estimate of drug-likeness (QED) is 0.296. The molecule has 0 bridgehead atoms. The van der Waals surface area contributed by atoms with Crippen molar-refractivity contribution in [2.45, 2.75) is 19.5 Å². The largest absolute Gasteiger partial charge is 0.497 e. The van der Waals surface area contributed by atoms with Crippen molar-refractivity contribution >= 4 is 29.8 Å². The van der Waals surface area contributed by atoms with Gasteiger partial charge in [-0.15, -0.1) is 0 Å². The molecule has 1 atom stereocenters. The topological polar surface area (TPSA) is 115 Å². The van der Waals surface area contributed by atoms with Crippen LogP contribution in [-0.2, 0) is 6.54 Å². The summed E-state index contributed by atoms with van der Waals surface area (Å²) >= 11 is 6.43. The highest BCUT2D eigenvalue weighted by atomic mass is 35.5. The monoisotopic (exact) mass is 538 g/mol. The number of hydrogen-bond donors (Lipinski definition) is 3. The minimum atomic E-state index is -0.485. The Bertz CT molecular complexity index is 1380. The van der Waals surface area contributed by atoms with E-state index >= 15 is 0 Å². The molecule has 4 rings (SSSR count). The van der Waals surface area contributed by atoms with Crippen LogP contribution in [0, 0.1) is 16.6 Å². The molecule has 0 radical (unpaired) electrons. The number of guanidine groups is 1. The molecule has 1 amide bonds. The summed E-state index contributed by atoms with van der Waals surface area (Å²) in [5.41, 5.74) is 2.61. The number of nitrogens with one attached hydrogen (secondary N) is 3. The van der Waals surface area contributed by atoms with Gasteiger partial charge in [-0.2, -0.15) is 0 Å². The second kappa shape index (κ2) is 11.5. The van der Waals surface area contributed by atoms with Crippen molar-refractivity contribution in [2.75, 3.05) is 27.3 Å². The van der Waals surface area contributed by atoms with Crippen molar-refractivity contribution < 1.29 is 18.7 Å².